The highest BCUT2D eigenvalue weighted by Gasteiger charge is 2.61. The molecule has 0 unspecified atom stereocenters. The lowest BCUT2D eigenvalue weighted by Gasteiger charge is -2.61. The van der Waals surface area contributed by atoms with Gasteiger partial charge in [0, 0.05) is 35.0 Å². The van der Waals surface area contributed by atoms with Crippen LogP contribution in [0.1, 0.15) is 43.2 Å². The quantitative estimate of drug-likeness (QED) is 0.291. The van der Waals surface area contributed by atoms with Crippen LogP contribution in [0.15, 0.2) is 97.1 Å². The lowest BCUT2D eigenvalue weighted by Crippen LogP contribution is -2.55. The van der Waals surface area contributed by atoms with Crippen LogP contribution in [0, 0.1) is 23.7 Å². The predicted octanol–water partition coefficient (Wildman–Crippen LogP) is 8.84. The van der Waals surface area contributed by atoms with Crippen LogP contribution in [-0.2, 0) is 5.41 Å². The maximum absolute atomic E-state index is 2.50. The van der Waals surface area contributed by atoms with Crippen molar-refractivity contribution < 1.29 is 0 Å². The number of rotatable bonds is 3. The normalized spacial score (nSPS) is 28.8. The Bertz CT molecular complexity index is 1440. The Hall–Kier alpha value is -3.32. The molecule has 4 aromatic carbocycles. The summed E-state index contributed by atoms with van der Waals surface area (Å²) < 4.78 is 0. The molecule has 9 rings (SSSR count). The molecule has 4 fully saturated rings. The number of para-hydroxylation sites is 1. The van der Waals surface area contributed by atoms with Crippen molar-refractivity contribution in [2.45, 2.75) is 37.5 Å². The molecular formula is C35H33N. The van der Waals surface area contributed by atoms with Gasteiger partial charge in [0.15, 0.2) is 0 Å². The maximum atomic E-state index is 2.50. The number of nitrogens with zero attached hydrogens (tertiary/aromatic N) is 1. The Morgan fingerprint density at radius 2 is 1.14 bits per heavy atom. The minimum atomic E-state index is 0.217. The van der Waals surface area contributed by atoms with Crippen molar-refractivity contribution in [3.8, 4) is 22.3 Å². The second-order valence-electron chi connectivity index (χ2n) is 11.9. The summed E-state index contributed by atoms with van der Waals surface area (Å²) in [5.74, 6) is 3.54. The molecule has 0 radical (unpaired) electrons. The Kier molecular flexibility index (Phi) is 4.39. The van der Waals surface area contributed by atoms with Gasteiger partial charge in [-0.15, -0.1) is 0 Å². The lowest BCUT2D eigenvalue weighted by molar-refractivity contribution is -0.0399. The molecule has 5 aliphatic carbocycles. The van der Waals surface area contributed by atoms with Crippen molar-refractivity contribution >= 4 is 11.4 Å². The molecule has 5 aliphatic rings. The molecule has 0 aliphatic heterocycles. The summed E-state index contributed by atoms with van der Waals surface area (Å²) in [5.41, 5.74) is 11.6. The highest BCUT2D eigenvalue weighted by atomic mass is 15.1. The largest absolute Gasteiger partial charge is 0.344 e. The van der Waals surface area contributed by atoms with Gasteiger partial charge in [0.05, 0.1) is 0 Å². The van der Waals surface area contributed by atoms with Crippen molar-refractivity contribution in [2.24, 2.45) is 23.7 Å². The molecule has 1 spiro atoms. The second kappa shape index (κ2) is 7.59. The van der Waals surface area contributed by atoms with E-state index >= 15 is 0 Å². The summed E-state index contributed by atoms with van der Waals surface area (Å²) in [7, 11) is 2.27. The van der Waals surface area contributed by atoms with Gasteiger partial charge in [-0.25, -0.2) is 0 Å². The van der Waals surface area contributed by atoms with E-state index in [9.17, 15) is 0 Å². The topological polar surface area (TPSA) is 3.24 Å². The van der Waals surface area contributed by atoms with Crippen molar-refractivity contribution in [3.05, 3.63) is 108 Å². The third-order valence-corrected chi connectivity index (χ3v) is 10.3. The third-order valence-electron chi connectivity index (χ3n) is 10.3. The first-order chi connectivity index (χ1) is 17.7. The van der Waals surface area contributed by atoms with E-state index < -0.39 is 0 Å². The van der Waals surface area contributed by atoms with Gasteiger partial charge < -0.3 is 4.90 Å². The highest BCUT2D eigenvalue weighted by molar-refractivity contribution is 5.94. The lowest BCUT2D eigenvalue weighted by atomic mass is 9.43. The monoisotopic (exact) mass is 467 g/mol. The van der Waals surface area contributed by atoms with E-state index in [2.05, 4.69) is 109 Å². The molecule has 4 bridgehead atoms. The van der Waals surface area contributed by atoms with Crippen molar-refractivity contribution in [3.63, 3.8) is 0 Å². The van der Waals surface area contributed by atoms with E-state index in [1.54, 1.807) is 11.1 Å². The molecule has 0 aromatic heterocycles. The maximum Gasteiger partial charge on any atom is 0.0491 e. The summed E-state index contributed by atoms with van der Waals surface area (Å²) in [6, 6.07) is 36.3. The van der Waals surface area contributed by atoms with Gasteiger partial charge in [0.1, 0.15) is 0 Å². The van der Waals surface area contributed by atoms with E-state index in [0.29, 0.717) is 0 Å². The van der Waals surface area contributed by atoms with Crippen molar-refractivity contribution in [1.29, 1.82) is 0 Å². The fraction of sp³-hybridized carbons (Fsp3) is 0.314. The minimum Gasteiger partial charge on any atom is -0.344 e. The summed E-state index contributed by atoms with van der Waals surface area (Å²) in [6.45, 7) is 0. The van der Waals surface area contributed by atoms with Gasteiger partial charge in [-0.1, -0.05) is 84.9 Å². The molecule has 0 amide bonds. The van der Waals surface area contributed by atoms with Gasteiger partial charge in [0.25, 0.3) is 0 Å². The number of anilines is 2. The first-order valence-electron chi connectivity index (χ1n) is 13.9. The van der Waals surface area contributed by atoms with Gasteiger partial charge in [-0.3, -0.25) is 0 Å². The molecular weight excluding hydrogens is 434 g/mol. The van der Waals surface area contributed by atoms with Gasteiger partial charge >= 0.3 is 0 Å². The zero-order chi connectivity index (χ0) is 23.9. The Labute approximate surface area is 214 Å². The molecule has 1 heteroatoms. The van der Waals surface area contributed by atoms with Crippen LogP contribution < -0.4 is 4.90 Å². The molecule has 36 heavy (non-hydrogen) atoms. The van der Waals surface area contributed by atoms with E-state index in [-0.39, 0.29) is 5.41 Å². The van der Waals surface area contributed by atoms with Crippen molar-refractivity contribution in [1.82, 2.24) is 0 Å². The number of benzene rings is 4. The van der Waals surface area contributed by atoms with E-state index in [1.807, 2.05) is 0 Å². The molecule has 178 valence electrons. The fourth-order valence-electron chi connectivity index (χ4n) is 9.22. The number of hydrogen-bond acceptors (Lipinski definition) is 1. The van der Waals surface area contributed by atoms with Crippen LogP contribution in [0.3, 0.4) is 0 Å². The molecule has 4 saturated carbocycles. The third kappa shape index (κ3) is 2.67. The zero-order valence-electron chi connectivity index (χ0n) is 21.0. The van der Waals surface area contributed by atoms with Crippen LogP contribution in [0.25, 0.3) is 22.3 Å². The second-order valence-corrected chi connectivity index (χ2v) is 11.9. The summed E-state index contributed by atoms with van der Waals surface area (Å²) in [4.78, 5) is 2.45. The van der Waals surface area contributed by atoms with Crippen LogP contribution in [0.2, 0.25) is 0 Å². The van der Waals surface area contributed by atoms with E-state index in [0.717, 1.165) is 23.7 Å². The average molecular weight is 468 g/mol. The smallest absolute Gasteiger partial charge is 0.0491 e. The Morgan fingerprint density at radius 1 is 0.556 bits per heavy atom. The number of hydrogen-bond donors (Lipinski definition) is 0. The summed E-state index contributed by atoms with van der Waals surface area (Å²) in [5, 5.41) is 0. The SMILES string of the molecule is CN(c1ccccc1-c1ccccc1)c1cccc2c1-c1ccccc1C21C2CC3CC(C2)CC1C3. The standard InChI is InChI=1S/C35H33N/c1-36(32-16-8-6-12-28(32)25-10-3-2-4-11-25)33-17-9-15-31-34(33)29-13-5-7-14-30(29)35(31)26-19-23-18-24(21-26)22-27(35)20-23/h2-17,23-24,26-27H,18-22H2,1H3. The molecule has 0 saturated heterocycles. The first kappa shape index (κ1) is 20.8. The molecule has 1 nitrogen and oxygen atoms in total. The minimum absolute atomic E-state index is 0.217. The molecule has 4 aromatic rings. The van der Waals surface area contributed by atoms with Crippen LogP contribution in [0.5, 0.6) is 0 Å². The van der Waals surface area contributed by atoms with E-state index in [1.165, 1.54) is 65.7 Å². The number of fused-ring (bicyclic) bond motifs is 3. The van der Waals surface area contributed by atoms with Crippen molar-refractivity contribution in [2.75, 3.05) is 11.9 Å². The van der Waals surface area contributed by atoms with Gasteiger partial charge in [-0.2, -0.15) is 0 Å². The van der Waals surface area contributed by atoms with Gasteiger partial charge in [-0.05, 0) is 90.2 Å². The van der Waals surface area contributed by atoms with Crippen LogP contribution in [0.4, 0.5) is 11.4 Å². The average Bonchev–Trinajstić information content (AvgIpc) is 3.23. The zero-order valence-corrected chi connectivity index (χ0v) is 21.0. The predicted molar refractivity (Wildman–Crippen MR) is 150 cm³/mol. The van der Waals surface area contributed by atoms with Gasteiger partial charge in [0.2, 0.25) is 0 Å². The van der Waals surface area contributed by atoms with Crippen LogP contribution in [-0.4, -0.2) is 7.05 Å². The molecule has 0 N–H and O–H groups in total. The first-order valence-corrected chi connectivity index (χ1v) is 13.9. The Balaban J connectivity index is 1.34. The summed E-state index contributed by atoms with van der Waals surface area (Å²) in [6.07, 6.45) is 7.21. The fourth-order valence-corrected chi connectivity index (χ4v) is 9.22. The Morgan fingerprint density at radius 3 is 1.89 bits per heavy atom. The van der Waals surface area contributed by atoms with Crippen LogP contribution >= 0.6 is 0 Å². The highest BCUT2D eigenvalue weighted by Crippen LogP contribution is 2.70. The summed E-state index contributed by atoms with van der Waals surface area (Å²) >= 11 is 0. The molecule has 0 heterocycles. The van der Waals surface area contributed by atoms with E-state index in [4.69, 9.17) is 0 Å². The molecule has 0 atom stereocenters.